The molecular formula is C22H36F2O5. The van der Waals surface area contributed by atoms with Gasteiger partial charge in [-0.3, -0.25) is 4.79 Å². The normalized spacial score (nSPS) is 31.5. The Kier molecular flexibility index (Phi) is 9.66. The zero-order valence-corrected chi connectivity index (χ0v) is 17.3. The minimum Gasteiger partial charge on any atom is -0.392 e. The number of unbranched alkanes of at least 4 members (excludes halogenated alkanes) is 2. The first kappa shape index (κ1) is 24.4. The van der Waals surface area contributed by atoms with Gasteiger partial charge in [-0.15, -0.1) is 0 Å². The lowest BCUT2D eigenvalue weighted by Crippen LogP contribution is -2.36. The maximum atomic E-state index is 13.3. The molecular weight excluding hydrogens is 382 g/mol. The molecule has 168 valence electrons. The zero-order valence-electron chi connectivity index (χ0n) is 17.3. The number of fused-ring (bicyclic) bond motifs is 1. The molecule has 0 amide bonds. The summed E-state index contributed by atoms with van der Waals surface area (Å²) in [7, 11) is 0. The molecule has 6 atom stereocenters. The van der Waals surface area contributed by atoms with Gasteiger partial charge in [-0.2, -0.15) is 0 Å². The summed E-state index contributed by atoms with van der Waals surface area (Å²) in [4.78, 5) is 11.1. The SMILES string of the molecule is CCCCC(O)(CC=C[C@@H]1[C@H]2C[C@H](CCCCC(=O)CO)O[C@@H]2C[C@H]1O)C(F)F. The van der Waals surface area contributed by atoms with Crippen molar-refractivity contribution >= 4 is 5.78 Å². The van der Waals surface area contributed by atoms with Gasteiger partial charge in [-0.05, 0) is 38.0 Å². The van der Waals surface area contributed by atoms with Crippen LogP contribution >= 0.6 is 0 Å². The van der Waals surface area contributed by atoms with Crippen molar-refractivity contribution in [1.29, 1.82) is 0 Å². The minimum atomic E-state index is -2.79. The maximum absolute atomic E-state index is 13.3. The van der Waals surface area contributed by atoms with Crippen LogP contribution in [0, 0.1) is 11.8 Å². The molecule has 2 fully saturated rings. The van der Waals surface area contributed by atoms with E-state index in [1.807, 2.05) is 6.92 Å². The molecule has 1 aliphatic carbocycles. The van der Waals surface area contributed by atoms with Crippen molar-refractivity contribution < 1.29 is 33.6 Å². The molecule has 1 heterocycles. The van der Waals surface area contributed by atoms with Crippen molar-refractivity contribution in [2.24, 2.45) is 11.8 Å². The molecule has 5 nitrogen and oxygen atoms in total. The van der Waals surface area contributed by atoms with Crippen LogP contribution in [-0.4, -0.2) is 58.0 Å². The van der Waals surface area contributed by atoms with Gasteiger partial charge in [-0.1, -0.05) is 38.3 Å². The molecule has 2 aliphatic rings. The number of ether oxygens (including phenoxy) is 1. The third-order valence-corrected chi connectivity index (χ3v) is 6.40. The summed E-state index contributed by atoms with van der Waals surface area (Å²) in [5.74, 6) is -0.139. The summed E-state index contributed by atoms with van der Waals surface area (Å²) in [5.41, 5.74) is -2.00. The fourth-order valence-electron chi connectivity index (χ4n) is 4.62. The van der Waals surface area contributed by atoms with E-state index in [9.17, 15) is 23.8 Å². The van der Waals surface area contributed by atoms with E-state index in [2.05, 4.69) is 0 Å². The van der Waals surface area contributed by atoms with Crippen molar-refractivity contribution in [3.05, 3.63) is 12.2 Å². The van der Waals surface area contributed by atoms with Crippen molar-refractivity contribution in [2.75, 3.05) is 6.61 Å². The van der Waals surface area contributed by atoms with Crippen molar-refractivity contribution in [3.63, 3.8) is 0 Å². The Balaban J connectivity index is 1.84. The average molecular weight is 419 g/mol. The predicted octanol–water partition coefficient (Wildman–Crippen LogP) is 3.40. The van der Waals surface area contributed by atoms with Crippen LogP contribution in [0.15, 0.2) is 12.2 Å². The van der Waals surface area contributed by atoms with Crippen molar-refractivity contribution in [3.8, 4) is 0 Å². The number of hydrogen-bond donors (Lipinski definition) is 3. The first-order valence-electron chi connectivity index (χ1n) is 10.9. The second-order valence-electron chi connectivity index (χ2n) is 8.66. The summed E-state index contributed by atoms with van der Waals surface area (Å²) < 4.78 is 32.6. The van der Waals surface area contributed by atoms with E-state index in [0.29, 0.717) is 19.3 Å². The van der Waals surface area contributed by atoms with E-state index in [1.54, 1.807) is 12.2 Å². The van der Waals surface area contributed by atoms with Gasteiger partial charge in [0.15, 0.2) is 5.78 Å². The highest BCUT2D eigenvalue weighted by Gasteiger charge is 2.47. The smallest absolute Gasteiger partial charge is 0.267 e. The molecule has 0 aromatic heterocycles. The number of aliphatic hydroxyl groups excluding tert-OH is 2. The van der Waals surface area contributed by atoms with Crippen LogP contribution in [0.25, 0.3) is 0 Å². The van der Waals surface area contributed by atoms with Crippen molar-refractivity contribution in [1.82, 2.24) is 0 Å². The molecule has 0 bridgehead atoms. The highest BCUT2D eigenvalue weighted by Crippen LogP contribution is 2.45. The number of carbonyl (C=O) groups is 1. The van der Waals surface area contributed by atoms with E-state index in [1.165, 1.54) is 0 Å². The van der Waals surface area contributed by atoms with Crippen LogP contribution in [0.4, 0.5) is 8.78 Å². The number of carbonyl (C=O) groups excluding carboxylic acids is 1. The zero-order chi connectivity index (χ0) is 21.4. The van der Waals surface area contributed by atoms with Gasteiger partial charge in [0.1, 0.15) is 12.2 Å². The first-order valence-corrected chi connectivity index (χ1v) is 10.9. The van der Waals surface area contributed by atoms with Gasteiger partial charge >= 0.3 is 0 Å². The number of hydrogen-bond acceptors (Lipinski definition) is 5. The Bertz CT molecular complexity index is 541. The van der Waals surface area contributed by atoms with Gasteiger partial charge in [0, 0.05) is 18.8 Å². The Morgan fingerprint density at radius 2 is 2.03 bits per heavy atom. The van der Waals surface area contributed by atoms with Crippen LogP contribution in [0.3, 0.4) is 0 Å². The van der Waals surface area contributed by atoms with E-state index >= 15 is 0 Å². The molecule has 0 aromatic carbocycles. The third kappa shape index (κ3) is 6.81. The fourth-order valence-corrected chi connectivity index (χ4v) is 4.62. The molecule has 7 heteroatoms. The Hall–Kier alpha value is -0.890. The monoisotopic (exact) mass is 418 g/mol. The van der Waals surface area contributed by atoms with Crippen LogP contribution in [0.2, 0.25) is 0 Å². The Morgan fingerprint density at radius 3 is 2.69 bits per heavy atom. The molecule has 1 saturated heterocycles. The number of rotatable bonds is 13. The summed E-state index contributed by atoms with van der Waals surface area (Å²) in [6.45, 7) is 1.49. The number of alkyl halides is 2. The predicted molar refractivity (Wildman–Crippen MR) is 106 cm³/mol. The Morgan fingerprint density at radius 1 is 1.28 bits per heavy atom. The van der Waals surface area contributed by atoms with E-state index in [-0.39, 0.29) is 42.7 Å². The van der Waals surface area contributed by atoms with Gasteiger partial charge in [-0.25, -0.2) is 8.78 Å². The quantitative estimate of drug-likeness (QED) is 0.315. The third-order valence-electron chi connectivity index (χ3n) is 6.40. The minimum absolute atomic E-state index is 0.0298. The van der Waals surface area contributed by atoms with Gasteiger partial charge in [0.05, 0.1) is 18.3 Å². The van der Waals surface area contributed by atoms with Crippen molar-refractivity contribution in [2.45, 2.75) is 101 Å². The summed E-state index contributed by atoms with van der Waals surface area (Å²) >= 11 is 0. The Labute approximate surface area is 172 Å². The average Bonchev–Trinajstić information content (AvgIpc) is 3.20. The van der Waals surface area contributed by atoms with E-state index in [0.717, 1.165) is 32.1 Å². The van der Waals surface area contributed by atoms with E-state index < -0.39 is 24.7 Å². The number of ketones is 1. The van der Waals surface area contributed by atoms with Crippen LogP contribution in [0.1, 0.15) is 71.1 Å². The second-order valence-corrected chi connectivity index (χ2v) is 8.66. The van der Waals surface area contributed by atoms with E-state index in [4.69, 9.17) is 9.84 Å². The number of aliphatic hydroxyl groups is 3. The topological polar surface area (TPSA) is 87.0 Å². The number of Topliss-reactive ketones (excluding diaryl/α,β-unsaturated/α-hetero) is 1. The standard InChI is InChI=1S/C22H36F2O5/c1-2-3-10-22(28,21(23)24)11-6-9-17-18-12-16(29-20(18)13-19(17)27)8-5-4-7-15(26)14-25/h6,9,16-21,25,27-28H,2-5,7-8,10-14H2,1H3/t16-,17+,18+,19+,20+,22?/m0/s1. The molecule has 0 aromatic rings. The van der Waals surface area contributed by atoms with Crippen LogP contribution in [0.5, 0.6) is 0 Å². The highest BCUT2D eigenvalue weighted by atomic mass is 19.3. The summed E-state index contributed by atoms with van der Waals surface area (Å²) in [6.07, 6.45) is 5.47. The fraction of sp³-hybridized carbons (Fsp3) is 0.864. The molecule has 1 aliphatic heterocycles. The second kappa shape index (κ2) is 11.5. The summed E-state index contributed by atoms with van der Waals surface area (Å²) in [5, 5.41) is 29.3. The van der Waals surface area contributed by atoms with Gasteiger partial charge < -0.3 is 20.1 Å². The van der Waals surface area contributed by atoms with Gasteiger partial charge in [0.2, 0.25) is 0 Å². The molecule has 0 radical (unpaired) electrons. The van der Waals surface area contributed by atoms with Crippen LogP contribution < -0.4 is 0 Å². The molecule has 1 saturated carbocycles. The lowest BCUT2D eigenvalue weighted by atomic mass is 9.87. The lowest BCUT2D eigenvalue weighted by Gasteiger charge is -2.26. The lowest BCUT2D eigenvalue weighted by molar-refractivity contribution is -0.121. The highest BCUT2D eigenvalue weighted by molar-refractivity contribution is 5.79. The first-order chi connectivity index (χ1) is 13.8. The molecule has 3 N–H and O–H groups in total. The molecule has 1 unspecified atom stereocenters. The number of halogens is 2. The molecule has 0 spiro atoms. The maximum Gasteiger partial charge on any atom is 0.267 e. The largest absolute Gasteiger partial charge is 0.392 e. The molecule has 29 heavy (non-hydrogen) atoms. The van der Waals surface area contributed by atoms with Gasteiger partial charge in [0.25, 0.3) is 6.43 Å². The summed E-state index contributed by atoms with van der Waals surface area (Å²) in [6, 6.07) is 0. The molecule has 2 rings (SSSR count). The van der Waals surface area contributed by atoms with Crippen LogP contribution in [-0.2, 0) is 9.53 Å².